The summed E-state index contributed by atoms with van der Waals surface area (Å²) in [4.78, 5) is 35.2. The number of rotatable bonds is 66. The Kier molecular flexibility index (Phi) is 62.9. The molecule has 2 unspecified atom stereocenters. The molecule has 0 saturated heterocycles. The van der Waals surface area contributed by atoms with Crippen molar-refractivity contribution in [3.8, 4) is 0 Å². The molecule has 10 heteroatoms. The molecule has 3 N–H and O–H groups in total. The Morgan fingerprint density at radius 1 is 0.377 bits per heavy atom. The summed E-state index contributed by atoms with van der Waals surface area (Å²) in [6, 6.07) is 0. The number of nitrogens with two attached hydrogens (primary N) is 1. The van der Waals surface area contributed by atoms with Crippen LogP contribution in [0.4, 0.5) is 0 Å². The SMILES string of the molecule is CCCCCCCCCC/C=C\CCCCCCCCCCCCCCCCCCCCCCCCCCCCCCCC(=O)OC(COC(=O)CCCCCCCCCCCCCCCCC)COP(=O)(O)OCCN. The number of carbonyl (C=O) groups excluding carboxylic acids is 2. The highest BCUT2D eigenvalue weighted by atomic mass is 31.2. The quantitative estimate of drug-likeness (QED) is 0.0264. The van der Waals surface area contributed by atoms with E-state index in [-0.39, 0.29) is 38.6 Å². The van der Waals surface area contributed by atoms with Gasteiger partial charge in [-0.15, -0.1) is 0 Å². The summed E-state index contributed by atoms with van der Waals surface area (Å²) in [5.41, 5.74) is 5.39. The lowest BCUT2D eigenvalue weighted by molar-refractivity contribution is -0.161. The van der Waals surface area contributed by atoms with Gasteiger partial charge in [0.1, 0.15) is 6.61 Å². The molecule has 2 atom stereocenters. The first-order valence-electron chi connectivity index (χ1n) is 34.2. The van der Waals surface area contributed by atoms with Crippen molar-refractivity contribution in [2.24, 2.45) is 5.73 Å². The van der Waals surface area contributed by atoms with Crippen LogP contribution in [0.25, 0.3) is 0 Å². The number of carbonyl (C=O) groups is 2. The standard InChI is InChI=1S/C67H132NO8P/c1-3-5-7-9-11-13-15-17-19-20-21-22-23-24-25-26-27-28-29-30-31-32-33-34-35-36-37-38-39-40-41-42-43-44-46-48-50-52-54-56-58-60-67(70)76-65(64-75-77(71,72)74-62-61-68)63-73-66(69)59-57-55-53-51-49-47-45-18-16-14-12-10-8-6-4-2/h20-21,65H,3-19,22-64,68H2,1-2H3,(H,71,72)/b21-20-. The van der Waals surface area contributed by atoms with Crippen molar-refractivity contribution in [1.82, 2.24) is 0 Å². The van der Waals surface area contributed by atoms with Gasteiger partial charge in [0, 0.05) is 19.4 Å². The molecule has 0 aromatic rings. The fourth-order valence-electron chi connectivity index (χ4n) is 10.6. The maximum atomic E-state index is 12.7. The van der Waals surface area contributed by atoms with Crippen molar-refractivity contribution < 1.29 is 37.6 Å². The van der Waals surface area contributed by atoms with E-state index in [1.54, 1.807) is 0 Å². The van der Waals surface area contributed by atoms with E-state index in [0.29, 0.717) is 6.42 Å². The topological polar surface area (TPSA) is 134 Å². The van der Waals surface area contributed by atoms with Gasteiger partial charge in [-0.25, -0.2) is 4.57 Å². The Bertz CT molecular complexity index is 1270. The lowest BCUT2D eigenvalue weighted by Gasteiger charge is -2.19. The summed E-state index contributed by atoms with van der Waals surface area (Å²) in [5.74, 6) is -0.803. The Labute approximate surface area is 479 Å². The minimum absolute atomic E-state index is 0.0580. The summed E-state index contributed by atoms with van der Waals surface area (Å²) in [6.45, 7) is 3.81. The molecule has 0 rings (SSSR count). The summed E-state index contributed by atoms with van der Waals surface area (Å²) in [7, 11) is -4.38. The Morgan fingerprint density at radius 2 is 0.636 bits per heavy atom. The van der Waals surface area contributed by atoms with Crippen molar-refractivity contribution in [3.63, 3.8) is 0 Å². The molecular formula is C67H132NO8P. The van der Waals surface area contributed by atoms with Gasteiger partial charge in [-0.2, -0.15) is 0 Å². The number of hydrogen-bond acceptors (Lipinski definition) is 8. The first-order valence-corrected chi connectivity index (χ1v) is 35.7. The van der Waals surface area contributed by atoms with Gasteiger partial charge in [-0.3, -0.25) is 18.6 Å². The van der Waals surface area contributed by atoms with Crippen LogP contribution >= 0.6 is 7.82 Å². The summed E-state index contributed by atoms with van der Waals surface area (Å²) in [5, 5.41) is 0. The molecule has 0 spiro atoms. The van der Waals surface area contributed by atoms with E-state index < -0.39 is 26.5 Å². The highest BCUT2D eigenvalue weighted by Gasteiger charge is 2.26. The molecule has 0 bridgehead atoms. The van der Waals surface area contributed by atoms with Gasteiger partial charge in [0.2, 0.25) is 0 Å². The smallest absolute Gasteiger partial charge is 0.462 e. The molecule has 0 aromatic heterocycles. The number of hydrogen-bond donors (Lipinski definition) is 2. The highest BCUT2D eigenvalue weighted by molar-refractivity contribution is 7.47. The average Bonchev–Trinajstić information content (AvgIpc) is 3.42. The predicted molar refractivity (Wildman–Crippen MR) is 331 cm³/mol. The lowest BCUT2D eigenvalue weighted by atomic mass is 10.0. The van der Waals surface area contributed by atoms with Gasteiger partial charge in [-0.1, -0.05) is 334 Å². The summed E-state index contributed by atoms with van der Waals surface area (Å²) >= 11 is 0. The molecule has 0 aliphatic heterocycles. The van der Waals surface area contributed by atoms with Crippen molar-refractivity contribution in [2.75, 3.05) is 26.4 Å². The molecule has 9 nitrogen and oxygen atoms in total. The third kappa shape index (κ3) is 63.8. The van der Waals surface area contributed by atoms with Crippen LogP contribution in [0.5, 0.6) is 0 Å². The largest absolute Gasteiger partial charge is 0.472 e. The molecule has 0 fully saturated rings. The molecule has 0 radical (unpaired) electrons. The molecule has 0 aliphatic rings. The van der Waals surface area contributed by atoms with E-state index in [9.17, 15) is 19.0 Å². The van der Waals surface area contributed by atoms with Gasteiger partial charge in [0.05, 0.1) is 13.2 Å². The fraction of sp³-hybridized carbons (Fsp3) is 0.940. The van der Waals surface area contributed by atoms with Crippen LogP contribution in [0.2, 0.25) is 0 Å². The maximum absolute atomic E-state index is 12.7. The zero-order valence-electron chi connectivity index (χ0n) is 51.5. The van der Waals surface area contributed by atoms with Crippen molar-refractivity contribution in [3.05, 3.63) is 12.2 Å². The van der Waals surface area contributed by atoms with Gasteiger partial charge in [0.15, 0.2) is 6.10 Å². The van der Waals surface area contributed by atoms with Crippen LogP contribution < -0.4 is 5.73 Å². The number of ether oxygens (including phenoxy) is 2. The van der Waals surface area contributed by atoms with E-state index in [4.69, 9.17) is 24.3 Å². The molecular weight excluding hydrogens is 978 g/mol. The number of unbranched alkanes of at least 4 members (excludes halogenated alkanes) is 51. The normalized spacial score (nSPS) is 12.9. The van der Waals surface area contributed by atoms with Crippen LogP contribution in [0.3, 0.4) is 0 Å². The molecule has 458 valence electrons. The minimum Gasteiger partial charge on any atom is -0.462 e. The van der Waals surface area contributed by atoms with Gasteiger partial charge >= 0.3 is 19.8 Å². The van der Waals surface area contributed by atoms with Crippen LogP contribution in [0, 0.1) is 0 Å². The average molecular weight is 1110 g/mol. The van der Waals surface area contributed by atoms with E-state index in [2.05, 4.69) is 26.0 Å². The second-order valence-electron chi connectivity index (χ2n) is 23.4. The minimum atomic E-state index is -4.38. The highest BCUT2D eigenvalue weighted by Crippen LogP contribution is 2.43. The van der Waals surface area contributed by atoms with Crippen LogP contribution in [-0.4, -0.2) is 49.3 Å². The molecule has 0 saturated carbocycles. The van der Waals surface area contributed by atoms with Crippen LogP contribution in [0.15, 0.2) is 12.2 Å². The number of phosphoric acid groups is 1. The van der Waals surface area contributed by atoms with Crippen LogP contribution in [0.1, 0.15) is 373 Å². The fourth-order valence-corrected chi connectivity index (χ4v) is 11.3. The van der Waals surface area contributed by atoms with E-state index >= 15 is 0 Å². The first kappa shape index (κ1) is 75.8. The Morgan fingerprint density at radius 3 is 0.922 bits per heavy atom. The third-order valence-electron chi connectivity index (χ3n) is 15.7. The molecule has 0 heterocycles. The predicted octanol–water partition coefficient (Wildman–Crippen LogP) is 22.0. The van der Waals surface area contributed by atoms with Crippen LogP contribution in [-0.2, 0) is 32.7 Å². The summed E-state index contributed by atoms with van der Waals surface area (Å²) in [6.07, 6.45) is 76.2. The van der Waals surface area contributed by atoms with E-state index in [1.165, 1.54) is 308 Å². The monoisotopic (exact) mass is 1110 g/mol. The Hall–Kier alpha value is -1.25. The first-order chi connectivity index (χ1) is 37.8. The molecule has 0 aliphatic carbocycles. The number of esters is 2. The number of allylic oxidation sites excluding steroid dienone is 2. The summed E-state index contributed by atoms with van der Waals surface area (Å²) < 4.78 is 33.1. The number of phosphoric ester groups is 1. The molecule has 0 amide bonds. The maximum Gasteiger partial charge on any atom is 0.472 e. The van der Waals surface area contributed by atoms with Crippen molar-refractivity contribution >= 4 is 19.8 Å². The van der Waals surface area contributed by atoms with E-state index in [1.807, 2.05) is 0 Å². The zero-order chi connectivity index (χ0) is 55.9. The lowest BCUT2D eigenvalue weighted by Crippen LogP contribution is -2.29. The van der Waals surface area contributed by atoms with E-state index in [0.717, 1.165) is 32.1 Å². The second kappa shape index (κ2) is 63.9. The zero-order valence-corrected chi connectivity index (χ0v) is 52.4. The Balaban J connectivity index is 3.68. The van der Waals surface area contributed by atoms with Gasteiger partial charge in [-0.05, 0) is 38.5 Å². The van der Waals surface area contributed by atoms with Crippen molar-refractivity contribution in [1.29, 1.82) is 0 Å². The van der Waals surface area contributed by atoms with Gasteiger partial charge in [0.25, 0.3) is 0 Å². The molecule has 0 aromatic carbocycles. The third-order valence-corrected chi connectivity index (χ3v) is 16.6. The molecule has 77 heavy (non-hydrogen) atoms. The van der Waals surface area contributed by atoms with Crippen molar-refractivity contribution in [2.45, 2.75) is 380 Å². The van der Waals surface area contributed by atoms with Gasteiger partial charge < -0.3 is 20.1 Å². The second-order valence-corrected chi connectivity index (χ2v) is 24.9.